The summed E-state index contributed by atoms with van der Waals surface area (Å²) >= 11 is 0. The SMILES string of the molecule is COCCNCCN1C(=O)N2C(c3cccc(O)c3)c3[nH]c4ccc(OC)cc4c3CC2(C)C1=O. The lowest BCUT2D eigenvalue weighted by molar-refractivity contribution is -0.133. The first-order valence-corrected chi connectivity index (χ1v) is 11.7. The molecule has 2 atom stereocenters. The average Bonchev–Trinajstić information content (AvgIpc) is 3.29. The number of phenolic OH excluding ortho intramolecular Hbond substituents is 1. The number of aromatic hydroxyl groups is 1. The Balaban J connectivity index is 1.60. The van der Waals surface area contributed by atoms with Crippen LogP contribution in [0.2, 0.25) is 0 Å². The van der Waals surface area contributed by atoms with Gasteiger partial charge in [-0.3, -0.25) is 14.6 Å². The first-order valence-electron chi connectivity index (χ1n) is 11.7. The number of ether oxygens (including phenoxy) is 2. The zero-order chi connectivity index (χ0) is 24.7. The van der Waals surface area contributed by atoms with Crippen LogP contribution in [0, 0.1) is 0 Å². The second-order valence-corrected chi connectivity index (χ2v) is 9.23. The predicted octanol–water partition coefficient (Wildman–Crippen LogP) is 2.79. The molecule has 35 heavy (non-hydrogen) atoms. The van der Waals surface area contributed by atoms with Crippen LogP contribution in [0.3, 0.4) is 0 Å². The molecule has 2 aromatic carbocycles. The largest absolute Gasteiger partial charge is 0.508 e. The van der Waals surface area contributed by atoms with Crippen molar-refractivity contribution in [3.8, 4) is 11.5 Å². The topological polar surface area (TPSA) is 107 Å². The number of phenols is 1. The molecular formula is C26H30N4O5. The van der Waals surface area contributed by atoms with Crippen molar-refractivity contribution >= 4 is 22.8 Å². The van der Waals surface area contributed by atoms with Gasteiger partial charge in [0.1, 0.15) is 23.1 Å². The first kappa shape index (κ1) is 23.2. The van der Waals surface area contributed by atoms with Crippen molar-refractivity contribution in [2.75, 3.05) is 40.5 Å². The van der Waals surface area contributed by atoms with Gasteiger partial charge in [0.15, 0.2) is 0 Å². The minimum absolute atomic E-state index is 0.103. The maximum absolute atomic E-state index is 13.8. The van der Waals surface area contributed by atoms with Crippen LogP contribution in [0.25, 0.3) is 10.9 Å². The van der Waals surface area contributed by atoms with E-state index >= 15 is 0 Å². The fourth-order valence-electron chi connectivity index (χ4n) is 5.35. The number of H-pyrrole nitrogens is 1. The molecule has 0 saturated carbocycles. The number of nitrogens with one attached hydrogen (secondary N) is 2. The molecule has 1 fully saturated rings. The van der Waals surface area contributed by atoms with E-state index in [1.54, 1.807) is 37.3 Å². The third-order valence-corrected chi connectivity index (χ3v) is 7.05. The summed E-state index contributed by atoms with van der Waals surface area (Å²) < 4.78 is 10.5. The van der Waals surface area contributed by atoms with Crippen LogP contribution in [-0.2, 0) is 16.0 Å². The fourth-order valence-corrected chi connectivity index (χ4v) is 5.35. The van der Waals surface area contributed by atoms with Gasteiger partial charge >= 0.3 is 6.03 Å². The molecule has 184 valence electrons. The Bertz CT molecular complexity index is 1290. The molecule has 2 unspecified atom stereocenters. The fraction of sp³-hybridized carbons (Fsp3) is 0.385. The lowest BCUT2D eigenvalue weighted by atomic mass is 9.81. The van der Waals surface area contributed by atoms with E-state index in [1.807, 2.05) is 31.2 Å². The number of amides is 3. The maximum atomic E-state index is 13.8. The third-order valence-electron chi connectivity index (χ3n) is 7.05. The molecule has 3 N–H and O–H groups in total. The van der Waals surface area contributed by atoms with Gasteiger partial charge in [0, 0.05) is 49.8 Å². The molecule has 0 spiro atoms. The van der Waals surface area contributed by atoms with Gasteiger partial charge in [-0.2, -0.15) is 0 Å². The average molecular weight is 479 g/mol. The molecule has 5 rings (SSSR count). The van der Waals surface area contributed by atoms with Crippen LogP contribution >= 0.6 is 0 Å². The lowest BCUT2D eigenvalue weighted by Gasteiger charge is -2.42. The summed E-state index contributed by atoms with van der Waals surface area (Å²) in [6.07, 6.45) is 0.378. The third kappa shape index (κ3) is 3.71. The number of fused-ring (bicyclic) bond motifs is 4. The van der Waals surface area contributed by atoms with Crippen molar-refractivity contribution in [1.82, 2.24) is 20.1 Å². The van der Waals surface area contributed by atoms with Crippen molar-refractivity contribution in [3.63, 3.8) is 0 Å². The van der Waals surface area contributed by atoms with Crippen molar-refractivity contribution in [1.29, 1.82) is 0 Å². The molecule has 0 radical (unpaired) electrons. The van der Waals surface area contributed by atoms with Gasteiger partial charge in [0.05, 0.1) is 13.7 Å². The highest BCUT2D eigenvalue weighted by Gasteiger charge is 2.60. The number of urea groups is 1. The van der Waals surface area contributed by atoms with Crippen LogP contribution < -0.4 is 10.1 Å². The van der Waals surface area contributed by atoms with Crippen LogP contribution in [0.4, 0.5) is 4.79 Å². The van der Waals surface area contributed by atoms with Gasteiger partial charge in [-0.05, 0) is 48.4 Å². The van der Waals surface area contributed by atoms with Crippen LogP contribution in [0.5, 0.6) is 11.5 Å². The number of methoxy groups -OCH3 is 2. The predicted molar refractivity (Wildman–Crippen MR) is 131 cm³/mol. The van der Waals surface area contributed by atoms with E-state index in [0.717, 1.165) is 33.5 Å². The number of aromatic amines is 1. The van der Waals surface area contributed by atoms with E-state index in [9.17, 15) is 14.7 Å². The van der Waals surface area contributed by atoms with Gasteiger partial charge in [-0.15, -0.1) is 0 Å². The molecule has 0 aliphatic carbocycles. The number of carbonyl (C=O) groups excluding carboxylic acids is 2. The van der Waals surface area contributed by atoms with Gasteiger partial charge in [0.25, 0.3) is 5.91 Å². The van der Waals surface area contributed by atoms with Gasteiger partial charge in [0.2, 0.25) is 0 Å². The molecule has 3 heterocycles. The molecule has 2 aliphatic rings. The van der Waals surface area contributed by atoms with E-state index in [2.05, 4.69) is 10.3 Å². The van der Waals surface area contributed by atoms with Crippen molar-refractivity contribution in [3.05, 3.63) is 59.3 Å². The lowest BCUT2D eigenvalue weighted by Crippen LogP contribution is -2.53. The van der Waals surface area contributed by atoms with E-state index in [-0.39, 0.29) is 24.2 Å². The van der Waals surface area contributed by atoms with Crippen LogP contribution in [-0.4, -0.2) is 77.8 Å². The summed E-state index contributed by atoms with van der Waals surface area (Å²) in [5.41, 5.74) is 2.40. The van der Waals surface area contributed by atoms with E-state index < -0.39 is 11.6 Å². The standard InChI is InChI=1S/C26H30N4O5/c1-26-15-20-19-14-18(35-3)7-8-21(19)28-22(20)23(16-5-4-6-17(31)13-16)30(26)25(33)29(24(26)32)11-9-27-10-12-34-2/h4-8,13-14,23,27-28,31H,9-12,15H2,1-3H3. The first-order chi connectivity index (χ1) is 16.9. The summed E-state index contributed by atoms with van der Waals surface area (Å²) in [5.74, 6) is 0.605. The molecule has 1 aromatic heterocycles. The Kier molecular flexibility index (Phi) is 5.90. The van der Waals surface area contributed by atoms with Crippen molar-refractivity contribution < 1.29 is 24.2 Å². The second kappa shape index (κ2) is 8.90. The molecule has 3 amide bonds. The quantitative estimate of drug-likeness (QED) is 0.340. The van der Waals surface area contributed by atoms with E-state index in [1.165, 1.54) is 4.90 Å². The molecule has 2 aliphatic heterocycles. The Labute approximate surface area is 203 Å². The number of benzene rings is 2. The molecular weight excluding hydrogens is 448 g/mol. The number of carbonyl (C=O) groups is 2. The number of aromatic nitrogens is 1. The second-order valence-electron chi connectivity index (χ2n) is 9.23. The molecule has 3 aromatic rings. The number of hydrogen-bond acceptors (Lipinski definition) is 6. The highest BCUT2D eigenvalue weighted by molar-refractivity contribution is 6.08. The Morgan fingerprint density at radius 2 is 2.00 bits per heavy atom. The zero-order valence-corrected chi connectivity index (χ0v) is 20.1. The highest BCUT2D eigenvalue weighted by Crippen LogP contribution is 2.49. The van der Waals surface area contributed by atoms with Crippen molar-refractivity contribution in [2.45, 2.75) is 24.9 Å². The molecule has 1 saturated heterocycles. The smallest absolute Gasteiger partial charge is 0.328 e. The summed E-state index contributed by atoms with van der Waals surface area (Å²) in [7, 11) is 3.25. The number of rotatable bonds is 8. The van der Waals surface area contributed by atoms with Gasteiger partial charge in [-0.1, -0.05) is 12.1 Å². The Hall–Kier alpha value is -3.56. The monoisotopic (exact) mass is 478 g/mol. The normalized spacial score (nSPS) is 21.5. The Morgan fingerprint density at radius 1 is 1.17 bits per heavy atom. The van der Waals surface area contributed by atoms with E-state index in [4.69, 9.17) is 9.47 Å². The van der Waals surface area contributed by atoms with Crippen LogP contribution in [0.15, 0.2) is 42.5 Å². The van der Waals surface area contributed by atoms with Crippen LogP contribution in [0.1, 0.15) is 29.8 Å². The van der Waals surface area contributed by atoms with Gasteiger partial charge < -0.3 is 24.9 Å². The number of nitrogens with zero attached hydrogens (tertiary/aromatic N) is 2. The zero-order valence-electron chi connectivity index (χ0n) is 20.1. The summed E-state index contributed by atoms with van der Waals surface area (Å²) in [4.78, 5) is 34.0. The minimum Gasteiger partial charge on any atom is -0.508 e. The summed E-state index contributed by atoms with van der Waals surface area (Å²) in [5, 5.41) is 14.4. The minimum atomic E-state index is -1.06. The Morgan fingerprint density at radius 3 is 2.74 bits per heavy atom. The number of hydrogen-bond donors (Lipinski definition) is 3. The highest BCUT2D eigenvalue weighted by atomic mass is 16.5. The molecule has 0 bridgehead atoms. The van der Waals surface area contributed by atoms with Gasteiger partial charge in [-0.25, -0.2) is 4.79 Å². The summed E-state index contributed by atoms with van der Waals surface area (Å²) in [6.45, 7) is 3.77. The van der Waals surface area contributed by atoms with E-state index in [0.29, 0.717) is 26.1 Å². The summed E-state index contributed by atoms with van der Waals surface area (Å²) in [6, 6.07) is 11.8. The number of imide groups is 1. The molecule has 9 heteroatoms. The van der Waals surface area contributed by atoms with Crippen molar-refractivity contribution in [2.24, 2.45) is 0 Å². The molecule has 9 nitrogen and oxygen atoms in total. The maximum Gasteiger partial charge on any atom is 0.328 e.